The quantitative estimate of drug-likeness (QED) is 0.0482. The average Bonchev–Trinajstić information content (AvgIpc) is 3.37. The number of unbranched alkanes of at least 4 members (excludes halogenated alkanes) is 9. The van der Waals surface area contributed by atoms with Crippen LogP contribution in [0.25, 0.3) is 0 Å². The molecule has 1 rings (SSSR count). The molecule has 10 unspecified atom stereocenters. The molecule has 0 aliphatic carbocycles. The first kappa shape index (κ1) is 69.3. The van der Waals surface area contributed by atoms with Crippen molar-refractivity contribution >= 4 is 64.8 Å². The number of hydrogen-bond donors (Lipinski definition) is 14. The van der Waals surface area contributed by atoms with Gasteiger partial charge in [0, 0.05) is 45.4 Å². The molecule has 1 saturated heterocycles. The number of nitrogens with one attached hydrogen (secondary N) is 8. The van der Waals surface area contributed by atoms with E-state index in [1.807, 2.05) is 6.92 Å². The number of ketones is 2. The van der Waals surface area contributed by atoms with E-state index >= 15 is 0 Å². The topological polar surface area (TPSA) is 420 Å². The lowest BCUT2D eigenvalue weighted by Gasteiger charge is -2.27. The molecule has 1 heterocycles. The number of amides is 8. The summed E-state index contributed by atoms with van der Waals surface area (Å²) in [7, 11) is 0. The number of nitrogens with two attached hydrogens (primary N) is 1. The zero-order valence-electron chi connectivity index (χ0n) is 45.4. The highest BCUT2D eigenvalue weighted by Gasteiger charge is 2.35. The molecular formula is C51H89N9O17. The van der Waals surface area contributed by atoms with Crippen molar-refractivity contribution < 1.29 is 83.0 Å². The van der Waals surface area contributed by atoms with E-state index in [1.165, 1.54) is 39.0 Å². The Morgan fingerprint density at radius 3 is 1.79 bits per heavy atom. The summed E-state index contributed by atoms with van der Waals surface area (Å²) in [6.45, 7) is 3.44. The van der Waals surface area contributed by atoms with Crippen LogP contribution in [0.4, 0.5) is 0 Å². The van der Waals surface area contributed by atoms with Crippen LogP contribution in [0.1, 0.15) is 150 Å². The third-order valence-corrected chi connectivity index (χ3v) is 13.2. The van der Waals surface area contributed by atoms with E-state index in [2.05, 4.69) is 49.5 Å². The first-order valence-electron chi connectivity index (χ1n) is 27.0. The van der Waals surface area contributed by atoms with Crippen LogP contribution in [0.5, 0.6) is 0 Å². The smallest absolute Gasteiger partial charge is 0.303 e. The van der Waals surface area contributed by atoms with Gasteiger partial charge in [0.2, 0.25) is 47.3 Å². The Balaban J connectivity index is 3.53. The van der Waals surface area contributed by atoms with Crippen LogP contribution >= 0.6 is 0 Å². The highest BCUT2D eigenvalue weighted by atomic mass is 16.5. The molecule has 1 fully saturated rings. The highest BCUT2D eigenvalue weighted by Crippen LogP contribution is 2.24. The lowest BCUT2D eigenvalue weighted by atomic mass is 9.87. The maximum atomic E-state index is 13.6. The second kappa shape index (κ2) is 39.7. The minimum Gasteiger partial charge on any atom is -0.481 e. The lowest BCUT2D eigenvalue weighted by molar-refractivity contribution is -0.138. The van der Waals surface area contributed by atoms with Crippen LogP contribution in [-0.4, -0.2) is 185 Å². The predicted octanol–water partition coefficient (Wildman–Crippen LogP) is -2.23. The second-order valence-corrected chi connectivity index (χ2v) is 19.8. The third kappa shape index (κ3) is 29.6. The zero-order chi connectivity index (χ0) is 57.9. The molecule has 0 bridgehead atoms. The first-order chi connectivity index (χ1) is 36.6. The van der Waals surface area contributed by atoms with E-state index in [0.29, 0.717) is 0 Å². The first-order valence-corrected chi connectivity index (χ1v) is 27.0. The van der Waals surface area contributed by atoms with Crippen LogP contribution < -0.4 is 48.3 Å². The van der Waals surface area contributed by atoms with E-state index in [0.717, 1.165) is 45.4 Å². The molecule has 26 heteroatoms. The van der Waals surface area contributed by atoms with Crippen LogP contribution in [0.2, 0.25) is 0 Å². The molecule has 15 N–H and O–H groups in total. The van der Waals surface area contributed by atoms with Gasteiger partial charge in [-0.05, 0) is 44.9 Å². The maximum absolute atomic E-state index is 13.6. The number of Topliss-reactive ketones (excluding diaryl/α,β-unsaturated/α-hetero) is 2. The Morgan fingerprint density at radius 2 is 1.21 bits per heavy atom. The molecule has 10 atom stereocenters. The van der Waals surface area contributed by atoms with Crippen molar-refractivity contribution in [2.24, 2.45) is 17.6 Å². The Morgan fingerprint density at radius 1 is 0.662 bits per heavy atom. The van der Waals surface area contributed by atoms with Gasteiger partial charge in [-0.1, -0.05) is 84.5 Å². The summed E-state index contributed by atoms with van der Waals surface area (Å²) in [6.07, 6.45) is 7.06. The summed E-state index contributed by atoms with van der Waals surface area (Å²) < 4.78 is 5.96. The summed E-state index contributed by atoms with van der Waals surface area (Å²) in [5.41, 5.74) is 5.35. The van der Waals surface area contributed by atoms with Crippen molar-refractivity contribution in [3.05, 3.63) is 0 Å². The van der Waals surface area contributed by atoms with Crippen LogP contribution in [0, 0.1) is 11.8 Å². The molecule has 0 radical (unpaired) electrons. The molecule has 8 amide bonds. The highest BCUT2D eigenvalue weighted by molar-refractivity contribution is 5.98. The van der Waals surface area contributed by atoms with Crippen molar-refractivity contribution in [1.82, 2.24) is 42.5 Å². The van der Waals surface area contributed by atoms with Gasteiger partial charge in [0.15, 0.2) is 11.6 Å². The summed E-state index contributed by atoms with van der Waals surface area (Å²) in [5.74, 6) is -10.8. The van der Waals surface area contributed by atoms with Gasteiger partial charge in [0.25, 0.3) is 0 Å². The van der Waals surface area contributed by atoms with E-state index in [1.54, 1.807) is 0 Å². The minimum atomic E-state index is -1.78. The standard InChI is InChI=1S/C51H89N9O17/c1-5-6-7-8-9-10-11-12-13-14-15-31(2)34-26-43(68)55-32(3)46(71)57-38(20-24-62)48(73)58-37(16-17-44(69)70)47(72)54-28-35(65)18-22-53-40(29-63)50(75)59-39(27-42(52)67)49(74)60-45(33(4)64)51(76)56-36(19-23-61)41(66)21-25-77-30-34/h31-34,36-40,45,53,61-64H,5-30H2,1-4H3,(H2,52,67)(H,54,72)(H,55,68)(H,56,76)(H,57,71)(H,58,73)(H,59,75)(H,60,74)(H,69,70). The van der Waals surface area contributed by atoms with Gasteiger partial charge in [-0.2, -0.15) is 0 Å². The maximum Gasteiger partial charge on any atom is 0.303 e. The molecule has 0 aromatic rings. The van der Waals surface area contributed by atoms with E-state index in [9.17, 15) is 78.3 Å². The molecule has 440 valence electrons. The normalized spacial score (nSPS) is 25.2. The number of aliphatic carboxylic acids is 1. The van der Waals surface area contributed by atoms with Gasteiger partial charge in [0.05, 0.1) is 44.9 Å². The lowest BCUT2D eigenvalue weighted by Crippen LogP contribution is -2.60. The third-order valence-electron chi connectivity index (χ3n) is 13.2. The number of primary amides is 1. The number of carboxylic acid groups (broad SMARTS) is 1. The molecule has 1 aliphatic heterocycles. The number of carboxylic acids is 1. The second-order valence-electron chi connectivity index (χ2n) is 19.8. The molecule has 1 aliphatic rings. The minimum absolute atomic E-state index is 0.00495. The van der Waals surface area contributed by atoms with Gasteiger partial charge in [0.1, 0.15) is 36.3 Å². The van der Waals surface area contributed by atoms with Crippen molar-refractivity contribution in [2.75, 3.05) is 46.1 Å². The van der Waals surface area contributed by atoms with E-state index in [4.69, 9.17) is 10.5 Å². The fraction of sp³-hybridized carbons (Fsp3) is 0.784. The van der Waals surface area contributed by atoms with Gasteiger partial charge in [-0.3, -0.25) is 52.7 Å². The van der Waals surface area contributed by atoms with Crippen molar-refractivity contribution in [3.8, 4) is 0 Å². The Labute approximate surface area is 451 Å². The van der Waals surface area contributed by atoms with Crippen molar-refractivity contribution in [1.29, 1.82) is 0 Å². The summed E-state index contributed by atoms with van der Waals surface area (Å²) in [5, 5.41) is 68.8. The van der Waals surface area contributed by atoms with Crippen LogP contribution in [-0.2, 0) is 57.5 Å². The predicted molar refractivity (Wildman–Crippen MR) is 279 cm³/mol. The molecular weight excluding hydrogens is 1010 g/mol. The summed E-state index contributed by atoms with van der Waals surface area (Å²) in [4.78, 5) is 144. The fourth-order valence-electron chi connectivity index (χ4n) is 8.37. The van der Waals surface area contributed by atoms with Gasteiger partial charge >= 0.3 is 5.97 Å². The van der Waals surface area contributed by atoms with Gasteiger partial charge in [-0.25, -0.2) is 0 Å². The van der Waals surface area contributed by atoms with E-state index in [-0.39, 0.29) is 57.8 Å². The van der Waals surface area contributed by atoms with Crippen LogP contribution in [0.15, 0.2) is 0 Å². The number of ether oxygens (including phenoxy) is 1. The summed E-state index contributed by atoms with van der Waals surface area (Å²) in [6, 6.07) is -10.6. The van der Waals surface area contributed by atoms with Crippen molar-refractivity contribution in [2.45, 2.75) is 198 Å². The zero-order valence-corrected chi connectivity index (χ0v) is 45.4. The number of aliphatic hydroxyl groups is 4. The number of carbonyl (C=O) groups is 11. The molecule has 26 nitrogen and oxygen atoms in total. The summed E-state index contributed by atoms with van der Waals surface area (Å²) >= 11 is 0. The monoisotopic (exact) mass is 1100 g/mol. The van der Waals surface area contributed by atoms with Gasteiger partial charge < -0.3 is 78.5 Å². The number of aliphatic hydroxyl groups excluding tert-OH is 4. The molecule has 0 spiro atoms. The number of rotatable bonds is 23. The van der Waals surface area contributed by atoms with Gasteiger partial charge in [-0.15, -0.1) is 0 Å². The molecule has 0 aromatic heterocycles. The molecule has 0 saturated carbocycles. The number of carbonyl (C=O) groups excluding carboxylic acids is 10. The number of hydrogen-bond acceptors (Lipinski definition) is 17. The van der Waals surface area contributed by atoms with Crippen LogP contribution in [0.3, 0.4) is 0 Å². The largest absolute Gasteiger partial charge is 0.481 e. The Hall–Kier alpha value is -5.67. The fourth-order valence-corrected chi connectivity index (χ4v) is 8.37. The average molecular weight is 1100 g/mol. The Bertz CT molecular complexity index is 1890. The SMILES string of the molecule is CCCCCCCCCCCCC(C)C1COCCC(=O)C(CCO)NC(=O)C(C(C)O)NC(=O)C(CC(N)=O)NC(=O)C(CO)NCCC(=O)CNC(=O)C(CCC(=O)O)NC(=O)C(CCO)NC(=O)C(C)NC(=O)C1. The van der Waals surface area contributed by atoms with E-state index < -0.39 is 165 Å². The van der Waals surface area contributed by atoms with Crippen molar-refractivity contribution in [3.63, 3.8) is 0 Å². The molecule has 77 heavy (non-hydrogen) atoms. The molecule has 0 aromatic carbocycles. The Kier molecular flexibility index (Phi) is 35.7.